The lowest BCUT2D eigenvalue weighted by Crippen LogP contribution is -2.35. The standard InChI is InChI=1S/C23H24N4O3S/c1-18-22(16-24)23(27(25-18)19-8-4-2-5-9-19)17-30-20-10-12-21(13-11-20)31(28,29)26-14-6-3-7-15-26/h2,4-5,8-13H,3,6-7,14-15,17H2,1H3. The van der Waals surface area contributed by atoms with Crippen LogP contribution in [0.15, 0.2) is 59.5 Å². The van der Waals surface area contributed by atoms with Crippen molar-refractivity contribution < 1.29 is 13.2 Å². The molecule has 0 N–H and O–H groups in total. The van der Waals surface area contributed by atoms with E-state index in [1.165, 1.54) is 0 Å². The summed E-state index contributed by atoms with van der Waals surface area (Å²) < 4.78 is 34.8. The van der Waals surface area contributed by atoms with Crippen LogP contribution < -0.4 is 4.74 Å². The molecule has 1 aromatic heterocycles. The summed E-state index contributed by atoms with van der Waals surface area (Å²) in [6.07, 6.45) is 2.87. The molecule has 0 radical (unpaired) electrons. The number of sulfonamides is 1. The number of aryl methyl sites for hydroxylation is 1. The highest BCUT2D eigenvalue weighted by Gasteiger charge is 2.25. The van der Waals surface area contributed by atoms with Crippen LogP contribution >= 0.6 is 0 Å². The predicted molar refractivity (Wildman–Crippen MR) is 116 cm³/mol. The smallest absolute Gasteiger partial charge is 0.243 e. The van der Waals surface area contributed by atoms with Crippen LogP contribution in [0.5, 0.6) is 5.75 Å². The van der Waals surface area contributed by atoms with E-state index in [0.717, 1.165) is 24.9 Å². The van der Waals surface area contributed by atoms with Gasteiger partial charge in [-0.3, -0.25) is 0 Å². The quantitative estimate of drug-likeness (QED) is 0.586. The minimum atomic E-state index is -3.48. The zero-order chi connectivity index (χ0) is 21.8. The molecule has 1 fully saturated rings. The molecule has 1 aliphatic heterocycles. The molecule has 1 aliphatic rings. The Morgan fingerprint density at radius 3 is 2.35 bits per heavy atom. The van der Waals surface area contributed by atoms with Crippen molar-refractivity contribution in [2.75, 3.05) is 13.1 Å². The summed E-state index contributed by atoms with van der Waals surface area (Å²) in [6.45, 7) is 3.07. The second-order valence-corrected chi connectivity index (χ2v) is 9.43. The number of hydrogen-bond donors (Lipinski definition) is 0. The van der Waals surface area contributed by atoms with E-state index in [-0.39, 0.29) is 11.5 Å². The average Bonchev–Trinajstić information content (AvgIpc) is 3.14. The zero-order valence-corrected chi connectivity index (χ0v) is 18.2. The van der Waals surface area contributed by atoms with Crippen LogP contribution in [0, 0.1) is 18.3 Å². The summed E-state index contributed by atoms with van der Waals surface area (Å²) in [5.74, 6) is 0.528. The second kappa shape index (κ2) is 8.92. The number of hydrogen-bond acceptors (Lipinski definition) is 5. The van der Waals surface area contributed by atoms with Crippen molar-refractivity contribution in [1.29, 1.82) is 5.26 Å². The van der Waals surface area contributed by atoms with Crippen molar-refractivity contribution in [1.82, 2.24) is 14.1 Å². The predicted octanol–water partition coefficient (Wildman–Crippen LogP) is 3.81. The van der Waals surface area contributed by atoms with Crippen LogP contribution in [0.25, 0.3) is 5.69 Å². The molecule has 0 saturated carbocycles. The van der Waals surface area contributed by atoms with E-state index >= 15 is 0 Å². The van der Waals surface area contributed by atoms with Crippen molar-refractivity contribution in [2.45, 2.75) is 37.7 Å². The fourth-order valence-electron chi connectivity index (χ4n) is 3.75. The van der Waals surface area contributed by atoms with E-state index in [1.54, 1.807) is 40.2 Å². The molecule has 2 aromatic carbocycles. The van der Waals surface area contributed by atoms with Crippen molar-refractivity contribution in [3.05, 3.63) is 71.5 Å². The van der Waals surface area contributed by atoms with Crippen LogP contribution in [0.4, 0.5) is 0 Å². The van der Waals surface area contributed by atoms with E-state index in [0.29, 0.717) is 35.8 Å². The van der Waals surface area contributed by atoms with E-state index in [4.69, 9.17) is 4.74 Å². The summed E-state index contributed by atoms with van der Waals surface area (Å²) in [6, 6.07) is 18.2. The molecule has 160 valence electrons. The first-order valence-corrected chi connectivity index (χ1v) is 11.7. The van der Waals surface area contributed by atoms with Gasteiger partial charge in [0.2, 0.25) is 10.0 Å². The van der Waals surface area contributed by atoms with Gasteiger partial charge in [0.1, 0.15) is 24.0 Å². The lowest BCUT2D eigenvalue weighted by molar-refractivity contribution is 0.297. The summed E-state index contributed by atoms with van der Waals surface area (Å²) in [4.78, 5) is 0.268. The van der Waals surface area contributed by atoms with Gasteiger partial charge in [0.25, 0.3) is 0 Å². The Balaban J connectivity index is 1.53. The third kappa shape index (κ3) is 4.33. The Morgan fingerprint density at radius 2 is 1.71 bits per heavy atom. The Labute approximate surface area is 182 Å². The number of ether oxygens (including phenoxy) is 1. The Hall–Kier alpha value is -3.15. The summed E-state index contributed by atoms with van der Waals surface area (Å²) in [5.41, 5.74) is 2.60. The zero-order valence-electron chi connectivity index (χ0n) is 17.4. The number of rotatable bonds is 6. The molecule has 1 saturated heterocycles. The molecule has 31 heavy (non-hydrogen) atoms. The second-order valence-electron chi connectivity index (χ2n) is 7.49. The largest absolute Gasteiger partial charge is 0.487 e. The minimum absolute atomic E-state index is 0.136. The number of para-hydroxylation sites is 1. The molecule has 4 rings (SSSR count). The first-order chi connectivity index (χ1) is 15.0. The molecule has 7 nitrogen and oxygen atoms in total. The molecule has 0 bridgehead atoms. The lowest BCUT2D eigenvalue weighted by atomic mass is 10.2. The molecular formula is C23H24N4O3S. The maximum atomic E-state index is 12.8. The van der Waals surface area contributed by atoms with E-state index in [1.807, 2.05) is 30.3 Å². The highest BCUT2D eigenvalue weighted by molar-refractivity contribution is 7.89. The van der Waals surface area contributed by atoms with Gasteiger partial charge in [-0.05, 0) is 56.2 Å². The first kappa shape index (κ1) is 21.1. The number of nitrogens with zero attached hydrogens (tertiary/aromatic N) is 4. The first-order valence-electron chi connectivity index (χ1n) is 10.3. The van der Waals surface area contributed by atoms with Crippen molar-refractivity contribution in [3.63, 3.8) is 0 Å². The van der Waals surface area contributed by atoms with Crippen LogP contribution in [-0.4, -0.2) is 35.6 Å². The van der Waals surface area contributed by atoms with E-state index in [9.17, 15) is 13.7 Å². The van der Waals surface area contributed by atoms with Crippen LogP contribution in [0.1, 0.15) is 36.2 Å². The fraction of sp³-hybridized carbons (Fsp3) is 0.304. The van der Waals surface area contributed by atoms with Gasteiger partial charge in [0, 0.05) is 13.1 Å². The maximum absolute atomic E-state index is 12.8. The van der Waals surface area contributed by atoms with Crippen LogP contribution in [-0.2, 0) is 16.6 Å². The highest BCUT2D eigenvalue weighted by atomic mass is 32.2. The number of piperidine rings is 1. The molecule has 2 heterocycles. The summed E-state index contributed by atoms with van der Waals surface area (Å²) >= 11 is 0. The average molecular weight is 437 g/mol. The van der Waals surface area contributed by atoms with Crippen molar-refractivity contribution in [2.24, 2.45) is 0 Å². The lowest BCUT2D eigenvalue weighted by Gasteiger charge is -2.25. The van der Waals surface area contributed by atoms with E-state index < -0.39 is 10.0 Å². The van der Waals surface area contributed by atoms with Crippen molar-refractivity contribution in [3.8, 4) is 17.5 Å². The van der Waals surface area contributed by atoms with Crippen LogP contribution in [0.2, 0.25) is 0 Å². The van der Waals surface area contributed by atoms with Gasteiger partial charge in [-0.2, -0.15) is 14.7 Å². The van der Waals surface area contributed by atoms with Gasteiger partial charge < -0.3 is 4.74 Å². The van der Waals surface area contributed by atoms with Gasteiger partial charge in [0.05, 0.1) is 22.0 Å². The topological polar surface area (TPSA) is 88.2 Å². The highest BCUT2D eigenvalue weighted by Crippen LogP contribution is 2.24. The molecule has 3 aromatic rings. The SMILES string of the molecule is Cc1nn(-c2ccccc2)c(COc2ccc(S(=O)(=O)N3CCCCC3)cc2)c1C#N. The summed E-state index contributed by atoms with van der Waals surface area (Å²) in [5, 5.41) is 14.1. The van der Waals surface area contributed by atoms with Crippen molar-refractivity contribution >= 4 is 10.0 Å². The number of aromatic nitrogens is 2. The third-order valence-corrected chi connectivity index (χ3v) is 7.33. The maximum Gasteiger partial charge on any atom is 0.243 e. The molecule has 0 amide bonds. The van der Waals surface area contributed by atoms with Gasteiger partial charge in [0.15, 0.2) is 0 Å². The molecule has 0 aliphatic carbocycles. The Bertz CT molecular complexity index is 1190. The van der Waals surface area contributed by atoms with Gasteiger partial charge >= 0.3 is 0 Å². The van der Waals surface area contributed by atoms with Gasteiger partial charge in [-0.15, -0.1) is 0 Å². The molecule has 8 heteroatoms. The molecule has 0 spiro atoms. The molecule has 0 unspecified atom stereocenters. The number of benzene rings is 2. The fourth-order valence-corrected chi connectivity index (χ4v) is 5.27. The van der Waals surface area contributed by atoms with Gasteiger partial charge in [-0.25, -0.2) is 13.1 Å². The van der Waals surface area contributed by atoms with Gasteiger partial charge in [-0.1, -0.05) is 24.6 Å². The van der Waals surface area contributed by atoms with E-state index in [2.05, 4.69) is 11.2 Å². The van der Waals surface area contributed by atoms with Crippen LogP contribution in [0.3, 0.4) is 0 Å². The Kier molecular flexibility index (Phi) is 6.07. The summed E-state index contributed by atoms with van der Waals surface area (Å²) in [7, 11) is -3.48. The monoisotopic (exact) mass is 436 g/mol. The normalized spacial score (nSPS) is 14.8. The molecule has 0 atom stereocenters. The molecular weight excluding hydrogens is 412 g/mol. The minimum Gasteiger partial charge on any atom is -0.487 e. The third-order valence-electron chi connectivity index (χ3n) is 5.42. The number of nitriles is 1. The Morgan fingerprint density at radius 1 is 1.03 bits per heavy atom.